The molecule has 0 N–H and O–H groups in total. The highest BCUT2D eigenvalue weighted by Crippen LogP contribution is 2.51. The van der Waals surface area contributed by atoms with Gasteiger partial charge in [0.05, 0.1) is 11.3 Å². The third-order valence-electron chi connectivity index (χ3n) is 7.52. The molecule has 0 aliphatic heterocycles. The van der Waals surface area contributed by atoms with Crippen LogP contribution in [-0.2, 0) is 21.2 Å². The van der Waals surface area contributed by atoms with Gasteiger partial charge in [-0.25, -0.2) is 9.59 Å². The normalized spacial score (nSPS) is 13.0. The van der Waals surface area contributed by atoms with Crippen molar-refractivity contribution in [2.75, 3.05) is 4.90 Å². The van der Waals surface area contributed by atoms with E-state index in [1.807, 2.05) is 30.3 Å². The number of esters is 2. The van der Waals surface area contributed by atoms with Crippen LogP contribution < -0.4 is 14.4 Å². The molecular weight excluding hydrogens is 567 g/mol. The zero-order valence-corrected chi connectivity index (χ0v) is 24.7. The second-order valence-corrected chi connectivity index (χ2v) is 11.3. The van der Waals surface area contributed by atoms with Crippen LogP contribution in [0.1, 0.15) is 44.4 Å². The fraction of sp³-hybridized carbons (Fsp3) is 0.167. The van der Waals surface area contributed by atoms with Crippen molar-refractivity contribution in [3.05, 3.63) is 126 Å². The molecule has 0 unspecified atom stereocenters. The Hall–Kier alpha value is -5.11. The molecule has 1 aliphatic carbocycles. The molecule has 0 heterocycles. The van der Waals surface area contributed by atoms with Crippen LogP contribution in [0.4, 0.5) is 30.2 Å². The smallest absolute Gasteiger partial charge is 0.416 e. The molecule has 0 bridgehead atoms. The van der Waals surface area contributed by atoms with E-state index >= 15 is 0 Å². The van der Waals surface area contributed by atoms with Crippen LogP contribution in [-0.4, -0.2) is 11.9 Å². The number of hydrogen-bond donors (Lipinski definition) is 0. The second kappa shape index (κ2) is 11.2. The van der Waals surface area contributed by atoms with E-state index in [4.69, 9.17) is 9.47 Å². The van der Waals surface area contributed by atoms with Gasteiger partial charge in [0.15, 0.2) is 0 Å². The van der Waals surface area contributed by atoms with E-state index in [1.54, 1.807) is 17.0 Å². The van der Waals surface area contributed by atoms with Crippen LogP contribution in [0.25, 0.3) is 11.1 Å². The van der Waals surface area contributed by atoms with E-state index in [0.717, 1.165) is 34.4 Å². The molecule has 4 aromatic rings. The summed E-state index contributed by atoms with van der Waals surface area (Å²) < 4.78 is 51.5. The number of fused-ring (bicyclic) bond motifs is 3. The average molecular weight is 598 g/mol. The Bertz CT molecular complexity index is 1770. The van der Waals surface area contributed by atoms with Gasteiger partial charge in [0.25, 0.3) is 0 Å². The van der Waals surface area contributed by atoms with Crippen molar-refractivity contribution in [3.63, 3.8) is 0 Å². The molecule has 5 rings (SSSR count). The topological polar surface area (TPSA) is 55.8 Å². The number of benzene rings is 4. The number of halogens is 3. The van der Waals surface area contributed by atoms with Gasteiger partial charge in [-0.15, -0.1) is 0 Å². The summed E-state index contributed by atoms with van der Waals surface area (Å²) in [7, 11) is 0. The summed E-state index contributed by atoms with van der Waals surface area (Å²) in [5.41, 5.74) is 4.91. The second-order valence-electron chi connectivity index (χ2n) is 11.3. The van der Waals surface area contributed by atoms with Crippen LogP contribution in [0.5, 0.6) is 11.5 Å². The third kappa shape index (κ3) is 5.75. The molecule has 0 spiro atoms. The van der Waals surface area contributed by atoms with Gasteiger partial charge in [0, 0.05) is 46.1 Å². The molecular formula is C36H30F3NO4. The first-order valence-electron chi connectivity index (χ1n) is 13.8. The van der Waals surface area contributed by atoms with Crippen molar-refractivity contribution in [3.8, 4) is 22.6 Å². The highest BCUT2D eigenvalue weighted by molar-refractivity contribution is 5.91. The van der Waals surface area contributed by atoms with Gasteiger partial charge in [-0.1, -0.05) is 57.3 Å². The van der Waals surface area contributed by atoms with E-state index in [9.17, 15) is 22.8 Å². The number of carbonyl (C=O) groups is 2. The van der Waals surface area contributed by atoms with E-state index in [2.05, 4.69) is 39.1 Å². The van der Waals surface area contributed by atoms with E-state index in [-0.39, 0.29) is 28.1 Å². The lowest BCUT2D eigenvalue weighted by atomic mass is 9.82. The highest BCUT2D eigenvalue weighted by atomic mass is 19.4. The number of nitrogens with zero attached hydrogens (tertiary/aromatic N) is 1. The molecule has 5 nitrogen and oxygen atoms in total. The number of anilines is 3. The van der Waals surface area contributed by atoms with Crippen molar-refractivity contribution in [2.24, 2.45) is 0 Å². The van der Waals surface area contributed by atoms with Crippen LogP contribution in [0.2, 0.25) is 0 Å². The summed E-state index contributed by atoms with van der Waals surface area (Å²) in [5, 5.41) is 0. The van der Waals surface area contributed by atoms with Gasteiger partial charge in [0.2, 0.25) is 0 Å². The van der Waals surface area contributed by atoms with Crippen molar-refractivity contribution in [1.82, 2.24) is 0 Å². The van der Waals surface area contributed by atoms with Crippen molar-refractivity contribution in [1.29, 1.82) is 0 Å². The van der Waals surface area contributed by atoms with Crippen LogP contribution in [0, 0.1) is 0 Å². The molecule has 0 radical (unpaired) electrons. The number of ether oxygens (including phenoxy) is 2. The first-order valence-corrected chi connectivity index (χ1v) is 13.8. The van der Waals surface area contributed by atoms with Crippen molar-refractivity contribution in [2.45, 2.75) is 39.3 Å². The molecule has 8 heteroatoms. The lowest BCUT2D eigenvalue weighted by Gasteiger charge is -2.29. The zero-order valence-electron chi connectivity index (χ0n) is 24.7. The fourth-order valence-electron chi connectivity index (χ4n) is 5.27. The molecule has 0 atom stereocenters. The Morgan fingerprint density at radius 1 is 0.682 bits per heavy atom. The highest BCUT2D eigenvalue weighted by Gasteiger charge is 2.36. The Kier molecular flexibility index (Phi) is 7.72. The lowest BCUT2D eigenvalue weighted by Crippen LogP contribution is -2.17. The number of hydrogen-bond acceptors (Lipinski definition) is 5. The maximum absolute atomic E-state index is 13.5. The Morgan fingerprint density at radius 2 is 1.20 bits per heavy atom. The third-order valence-corrected chi connectivity index (χ3v) is 7.52. The van der Waals surface area contributed by atoms with E-state index in [1.165, 1.54) is 32.0 Å². The number of alkyl halides is 3. The molecule has 224 valence electrons. The fourth-order valence-corrected chi connectivity index (χ4v) is 5.27. The molecule has 0 saturated heterocycles. The van der Waals surface area contributed by atoms with Crippen molar-refractivity contribution < 1.29 is 32.2 Å². The van der Waals surface area contributed by atoms with Crippen LogP contribution >= 0.6 is 0 Å². The summed E-state index contributed by atoms with van der Waals surface area (Å²) >= 11 is 0. The number of carbonyl (C=O) groups excluding carboxylic acids is 2. The molecule has 0 aromatic heterocycles. The zero-order chi connectivity index (χ0) is 32.0. The van der Waals surface area contributed by atoms with Gasteiger partial charge in [-0.05, 0) is 72.5 Å². The molecule has 0 amide bonds. The summed E-state index contributed by atoms with van der Waals surface area (Å²) in [6, 6.07) is 23.2. The van der Waals surface area contributed by atoms with E-state index in [0.29, 0.717) is 17.1 Å². The van der Waals surface area contributed by atoms with Gasteiger partial charge in [-0.2, -0.15) is 13.2 Å². The van der Waals surface area contributed by atoms with E-state index < -0.39 is 23.7 Å². The standard InChI is InChI=1S/C36H30F3NO4/c1-21(2)33(41)43-27-17-26(18-28(20-27)44-34(42)22(3)4)40(24-13-11-23(12-14-24)36(37,38)39)25-15-16-30-29-9-7-8-10-31(29)35(5,6)32(30)19-25/h7-20H,1,3H2,2,4-6H3. The molecule has 1 aliphatic rings. The van der Waals surface area contributed by atoms with Crippen molar-refractivity contribution >= 4 is 29.0 Å². The lowest BCUT2D eigenvalue weighted by molar-refractivity contribution is -0.137. The monoisotopic (exact) mass is 597 g/mol. The van der Waals surface area contributed by atoms with Gasteiger partial charge >= 0.3 is 18.1 Å². The molecule has 0 fully saturated rings. The average Bonchev–Trinajstić information content (AvgIpc) is 3.19. The SMILES string of the molecule is C=C(C)C(=O)Oc1cc(OC(=O)C(=C)C)cc(N(c2ccc(C(F)(F)F)cc2)c2ccc3c(c2)C(C)(C)c2ccccc2-3)c1. The minimum absolute atomic E-state index is 0.0471. The maximum atomic E-state index is 13.5. The van der Waals surface area contributed by atoms with Crippen LogP contribution in [0.3, 0.4) is 0 Å². The summed E-state index contributed by atoms with van der Waals surface area (Å²) in [6.07, 6.45) is -4.52. The molecule has 44 heavy (non-hydrogen) atoms. The first kappa shape index (κ1) is 30.4. The maximum Gasteiger partial charge on any atom is 0.416 e. The van der Waals surface area contributed by atoms with Crippen LogP contribution in [0.15, 0.2) is 109 Å². The number of rotatable bonds is 7. The summed E-state index contributed by atoms with van der Waals surface area (Å²) in [4.78, 5) is 26.6. The first-order chi connectivity index (χ1) is 20.7. The summed E-state index contributed by atoms with van der Waals surface area (Å²) in [6.45, 7) is 14.5. The summed E-state index contributed by atoms with van der Waals surface area (Å²) in [5.74, 6) is -1.30. The minimum Gasteiger partial charge on any atom is -0.423 e. The van der Waals surface area contributed by atoms with Gasteiger partial charge < -0.3 is 14.4 Å². The van der Waals surface area contributed by atoms with Gasteiger partial charge in [0.1, 0.15) is 11.5 Å². The minimum atomic E-state index is -4.52. The predicted molar refractivity (Wildman–Crippen MR) is 165 cm³/mol. The molecule has 4 aromatic carbocycles. The Morgan fingerprint density at radius 3 is 1.75 bits per heavy atom. The quantitative estimate of drug-likeness (QED) is 0.121. The van der Waals surface area contributed by atoms with Gasteiger partial charge in [-0.3, -0.25) is 0 Å². The predicted octanol–water partition coefficient (Wildman–Crippen LogP) is 9.44. The Labute approximate surface area is 253 Å². The Balaban J connectivity index is 1.71. The molecule has 0 saturated carbocycles. The largest absolute Gasteiger partial charge is 0.423 e.